The lowest BCUT2D eigenvalue weighted by Gasteiger charge is -2.48. The molecule has 27 heavy (non-hydrogen) atoms. The number of benzene rings is 2. The summed E-state index contributed by atoms with van der Waals surface area (Å²) in [5.41, 5.74) is 9.59. The minimum absolute atomic E-state index is 0.282. The molecule has 3 fully saturated rings. The standard InChI is InChI=1S/C23H31N3O/c1-4-27-21-11-9-20(10-12-21)26-15-17-13-23(2,3)22(26)16-25(14-17)19-7-5-18(24)6-8-19/h5-12,17,22H,4,13-16,24H2,1-3H3/t17-,22-/m1/s1. The highest BCUT2D eigenvalue weighted by atomic mass is 16.5. The molecule has 2 bridgehead atoms. The van der Waals surface area contributed by atoms with Gasteiger partial charge < -0.3 is 20.3 Å². The molecule has 2 aromatic carbocycles. The number of nitrogens with two attached hydrogens (primary N) is 1. The van der Waals surface area contributed by atoms with E-state index in [1.54, 1.807) is 0 Å². The number of piperidine rings is 1. The Morgan fingerprint density at radius 3 is 2.30 bits per heavy atom. The minimum Gasteiger partial charge on any atom is -0.494 e. The van der Waals surface area contributed by atoms with E-state index in [4.69, 9.17) is 10.5 Å². The summed E-state index contributed by atoms with van der Waals surface area (Å²) in [4.78, 5) is 5.18. The average molecular weight is 366 g/mol. The van der Waals surface area contributed by atoms with Crippen molar-refractivity contribution in [1.29, 1.82) is 0 Å². The normalized spacial score (nSPS) is 24.0. The molecule has 3 saturated heterocycles. The molecular weight excluding hydrogens is 334 g/mol. The van der Waals surface area contributed by atoms with E-state index >= 15 is 0 Å². The second-order valence-corrected chi connectivity index (χ2v) is 8.65. The van der Waals surface area contributed by atoms with Gasteiger partial charge in [0.1, 0.15) is 5.75 Å². The molecule has 0 aliphatic carbocycles. The SMILES string of the molecule is CCOc1ccc(N2C[C@H]3CN(c4ccc(N)cc4)C[C@@H]2C(C)(C)C3)cc1. The van der Waals surface area contributed by atoms with Crippen molar-refractivity contribution in [3.05, 3.63) is 48.5 Å². The molecule has 4 nitrogen and oxygen atoms in total. The zero-order valence-electron chi connectivity index (χ0n) is 16.7. The Kier molecular flexibility index (Phi) is 4.67. The van der Waals surface area contributed by atoms with Gasteiger partial charge in [-0.2, -0.15) is 0 Å². The smallest absolute Gasteiger partial charge is 0.119 e. The van der Waals surface area contributed by atoms with Crippen molar-refractivity contribution in [2.75, 3.05) is 41.8 Å². The fourth-order valence-corrected chi connectivity index (χ4v) is 4.92. The van der Waals surface area contributed by atoms with Gasteiger partial charge in [0.05, 0.1) is 12.6 Å². The van der Waals surface area contributed by atoms with Gasteiger partial charge in [-0.25, -0.2) is 0 Å². The van der Waals surface area contributed by atoms with E-state index < -0.39 is 0 Å². The maximum Gasteiger partial charge on any atom is 0.119 e. The van der Waals surface area contributed by atoms with E-state index in [2.05, 4.69) is 60.0 Å². The first-order valence-corrected chi connectivity index (χ1v) is 10.1. The zero-order chi connectivity index (χ0) is 19.0. The van der Waals surface area contributed by atoms with Gasteiger partial charge in [-0.05, 0) is 73.2 Å². The minimum atomic E-state index is 0.282. The lowest BCUT2D eigenvalue weighted by atomic mass is 9.73. The van der Waals surface area contributed by atoms with Gasteiger partial charge in [-0.3, -0.25) is 0 Å². The van der Waals surface area contributed by atoms with Gasteiger partial charge in [0.2, 0.25) is 0 Å². The topological polar surface area (TPSA) is 41.7 Å². The highest BCUT2D eigenvalue weighted by molar-refractivity contribution is 5.56. The van der Waals surface area contributed by atoms with Crippen molar-refractivity contribution < 1.29 is 4.74 Å². The fourth-order valence-electron chi connectivity index (χ4n) is 4.92. The molecule has 3 aliphatic rings. The van der Waals surface area contributed by atoms with E-state index in [1.165, 1.54) is 17.8 Å². The summed E-state index contributed by atoms with van der Waals surface area (Å²) in [5.74, 6) is 1.60. The predicted molar refractivity (Wildman–Crippen MR) is 114 cm³/mol. The molecule has 3 heterocycles. The number of nitrogens with zero attached hydrogens (tertiary/aromatic N) is 2. The molecule has 2 aromatic rings. The number of fused-ring (bicyclic) bond motifs is 4. The number of ether oxygens (including phenoxy) is 1. The van der Waals surface area contributed by atoms with E-state index in [9.17, 15) is 0 Å². The Labute approximate surface area is 162 Å². The third kappa shape index (κ3) is 3.58. The van der Waals surface area contributed by atoms with Crippen molar-refractivity contribution in [2.24, 2.45) is 11.3 Å². The van der Waals surface area contributed by atoms with Crippen molar-refractivity contribution in [1.82, 2.24) is 0 Å². The maximum absolute atomic E-state index is 5.89. The van der Waals surface area contributed by atoms with Gasteiger partial charge in [-0.15, -0.1) is 0 Å². The molecule has 0 unspecified atom stereocenters. The van der Waals surface area contributed by atoms with Crippen molar-refractivity contribution >= 4 is 17.1 Å². The van der Waals surface area contributed by atoms with Crippen LogP contribution in [-0.2, 0) is 0 Å². The first kappa shape index (κ1) is 18.0. The summed E-state index contributed by atoms with van der Waals surface area (Å²) in [7, 11) is 0. The molecule has 0 amide bonds. The molecule has 0 aromatic heterocycles. The van der Waals surface area contributed by atoms with Crippen molar-refractivity contribution in [2.45, 2.75) is 33.2 Å². The Morgan fingerprint density at radius 1 is 0.963 bits per heavy atom. The largest absolute Gasteiger partial charge is 0.494 e. The predicted octanol–water partition coefficient (Wildman–Crippen LogP) is 4.41. The first-order chi connectivity index (χ1) is 13.0. The van der Waals surface area contributed by atoms with Crippen LogP contribution in [0.5, 0.6) is 5.75 Å². The van der Waals surface area contributed by atoms with Crippen LogP contribution in [0.4, 0.5) is 17.1 Å². The Morgan fingerprint density at radius 2 is 1.63 bits per heavy atom. The molecule has 144 valence electrons. The van der Waals surface area contributed by atoms with Crippen molar-refractivity contribution in [3.63, 3.8) is 0 Å². The second kappa shape index (κ2) is 6.99. The van der Waals surface area contributed by atoms with Crippen LogP contribution in [0.1, 0.15) is 27.2 Å². The number of hydrogen-bond donors (Lipinski definition) is 1. The molecule has 4 heteroatoms. The summed E-state index contributed by atoms with van der Waals surface area (Å²) in [6.45, 7) is 10.9. The Balaban J connectivity index is 1.62. The number of nitrogen functional groups attached to an aromatic ring is 1. The highest BCUT2D eigenvalue weighted by Gasteiger charge is 2.45. The molecule has 5 rings (SSSR count). The summed E-state index contributed by atoms with van der Waals surface area (Å²) >= 11 is 0. The summed E-state index contributed by atoms with van der Waals surface area (Å²) in [6, 6.07) is 17.5. The van der Waals surface area contributed by atoms with E-state index in [1.807, 2.05) is 19.1 Å². The van der Waals surface area contributed by atoms with Gasteiger partial charge in [0, 0.05) is 36.7 Å². The van der Waals surface area contributed by atoms with Crippen LogP contribution >= 0.6 is 0 Å². The van der Waals surface area contributed by atoms with Gasteiger partial charge in [0.15, 0.2) is 0 Å². The molecule has 2 atom stereocenters. The number of rotatable bonds is 4. The highest BCUT2D eigenvalue weighted by Crippen LogP contribution is 2.44. The fraction of sp³-hybridized carbons (Fsp3) is 0.478. The van der Waals surface area contributed by atoms with Gasteiger partial charge >= 0.3 is 0 Å². The molecule has 0 radical (unpaired) electrons. The van der Waals surface area contributed by atoms with E-state index in [-0.39, 0.29) is 5.41 Å². The summed E-state index contributed by atoms with van der Waals surface area (Å²) in [6.07, 6.45) is 1.27. The van der Waals surface area contributed by atoms with E-state index in [0.29, 0.717) is 18.6 Å². The zero-order valence-corrected chi connectivity index (χ0v) is 16.7. The Bertz CT molecular complexity index is 769. The molecule has 0 spiro atoms. The van der Waals surface area contributed by atoms with E-state index in [0.717, 1.165) is 31.1 Å². The number of hydrogen-bond acceptors (Lipinski definition) is 4. The van der Waals surface area contributed by atoms with Crippen LogP contribution in [0.2, 0.25) is 0 Å². The average Bonchev–Trinajstić information content (AvgIpc) is 2.90. The summed E-state index contributed by atoms with van der Waals surface area (Å²) < 4.78 is 5.62. The first-order valence-electron chi connectivity index (χ1n) is 10.1. The van der Waals surface area contributed by atoms with Crippen LogP contribution in [0.3, 0.4) is 0 Å². The quantitative estimate of drug-likeness (QED) is 0.815. The monoisotopic (exact) mass is 365 g/mol. The van der Waals surface area contributed by atoms with Crippen LogP contribution < -0.4 is 20.3 Å². The summed E-state index contributed by atoms with van der Waals surface area (Å²) in [5, 5.41) is 0. The van der Waals surface area contributed by atoms with Crippen LogP contribution in [-0.4, -0.2) is 32.3 Å². The lowest BCUT2D eigenvalue weighted by molar-refractivity contribution is 0.192. The van der Waals surface area contributed by atoms with Gasteiger partial charge in [0.25, 0.3) is 0 Å². The van der Waals surface area contributed by atoms with Crippen LogP contribution in [0.25, 0.3) is 0 Å². The maximum atomic E-state index is 5.89. The third-order valence-electron chi connectivity index (χ3n) is 6.16. The van der Waals surface area contributed by atoms with Crippen LogP contribution in [0, 0.1) is 11.3 Å². The van der Waals surface area contributed by atoms with Crippen LogP contribution in [0.15, 0.2) is 48.5 Å². The molecule has 2 N–H and O–H groups in total. The van der Waals surface area contributed by atoms with Crippen molar-refractivity contribution in [3.8, 4) is 5.75 Å². The van der Waals surface area contributed by atoms with Gasteiger partial charge in [-0.1, -0.05) is 13.8 Å². The second-order valence-electron chi connectivity index (χ2n) is 8.65. The number of anilines is 3. The Hall–Kier alpha value is -2.36. The lowest BCUT2D eigenvalue weighted by Crippen LogP contribution is -2.53. The molecule has 3 aliphatic heterocycles. The third-order valence-corrected chi connectivity index (χ3v) is 6.16. The molecular formula is C23H31N3O. The molecule has 0 saturated carbocycles.